The van der Waals surface area contributed by atoms with Gasteiger partial charge >= 0.3 is 0 Å². The van der Waals surface area contributed by atoms with Crippen LogP contribution in [-0.4, -0.2) is 30.5 Å². The second kappa shape index (κ2) is 4.51. The molecular formula is C15H21N3O. The number of piperidine rings is 1. The number of hydrogen-bond acceptors (Lipinski definition) is 3. The minimum Gasteiger partial charge on any atom is -0.370 e. The van der Waals surface area contributed by atoms with E-state index in [4.69, 9.17) is 0 Å². The van der Waals surface area contributed by atoms with Crippen molar-refractivity contribution in [1.29, 1.82) is 0 Å². The number of amides is 1. The largest absolute Gasteiger partial charge is 0.370 e. The summed E-state index contributed by atoms with van der Waals surface area (Å²) >= 11 is 0. The van der Waals surface area contributed by atoms with E-state index in [9.17, 15) is 4.79 Å². The zero-order valence-corrected chi connectivity index (χ0v) is 11.7. The average Bonchev–Trinajstić information content (AvgIpc) is 2.77. The van der Waals surface area contributed by atoms with Gasteiger partial charge in [-0.3, -0.25) is 9.78 Å². The molecule has 1 unspecified atom stereocenters. The van der Waals surface area contributed by atoms with E-state index in [0.717, 1.165) is 50.3 Å². The molecule has 1 N–H and O–H groups in total. The average molecular weight is 259 g/mol. The van der Waals surface area contributed by atoms with Gasteiger partial charge in [0.2, 0.25) is 5.91 Å². The molecule has 0 aliphatic carbocycles. The van der Waals surface area contributed by atoms with Crippen molar-refractivity contribution in [3.05, 3.63) is 23.5 Å². The first-order valence-electron chi connectivity index (χ1n) is 7.08. The summed E-state index contributed by atoms with van der Waals surface area (Å²) in [4.78, 5) is 18.9. The molecule has 0 bridgehead atoms. The first kappa shape index (κ1) is 12.5. The number of rotatable bonds is 1. The summed E-state index contributed by atoms with van der Waals surface area (Å²) in [5.41, 5.74) is 3.15. The molecule has 1 atom stereocenters. The van der Waals surface area contributed by atoms with Gasteiger partial charge in [0.05, 0.1) is 5.41 Å². The highest BCUT2D eigenvalue weighted by molar-refractivity contribution is 5.84. The summed E-state index contributed by atoms with van der Waals surface area (Å²) in [6.07, 6.45) is 3.10. The van der Waals surface area contributed by atoms with Gasteiger partial charge in [0.25, 0.3) is 0 Å². The molecule has 102 valence electrons. The van der Waals surface area contributed by atoms with E-state index in [1.54, 1.807) is 0 Å². The fourth-order valence-electron chi connectivity index (χ4n) is 3.41. The second-order valence-corrected chi connectivity index (χ2v) is 5.92. The Balaban J connectivity index is 1.83. The van der Waals surface area contributed by atoms with Crippen molar-refractivity contribution in [1.82, 2.24) is 10.3 Å². The van der Waals surface area contributed by atoms with Gasteiger partial charge in [0.15, 0.2) is 0 Å². The Morgan fingerprint density at radius 3 is 2.68 bits per heavy atom. The van der Waals surface area contributed by atoms with Gasteiger partial charge in [-0.2, -0.15) is 0 Å². The van der Waals surface area contributed by atoms with Gasteiger partial charge in [-0.25, -0.2) is 0 Å². The molecule has 3 heterocycles. The first-order chi connectivity index (χ1) is 9.09. The van der Waals surface area contributed by atoms with E-state index < -0.39 is 0 Å². The van der Waals surface area contributed by atoms with E-state index in [1.807, 2.05) is 13.8 Å². The topological polar surface area (TPSA) is 45.2 Å². The lowest BCUT2D eigenvalue weighted by Gasteiger charge is -2.32. The zero-order chi connectivity index (χ0) is 13.5. The molecule has 1 spiro atoms. The molecule has 2 aliphatic rings. The van der Waals surface area contributed by atoms with Gasteiger partial charge in [-0.05, 0) is 45.2 Å². The van der Waals surface area contributed by atoms with Crippen LogP contribution in [0.15, 0.2) is 12.1 Å². The molecule has 0 aromatic carbocycles. The summed E-state index contributed by atoms with van der Waals surface area (Å²) < 4.78 is 0. The SMILES string of the molecule is Cc1cc(N2CCC3(CCCNC3=O)C2)cc(C)n1. The monoisotopic (exact) mass is 259 g/mol. The molecule has 1 amide bonds. The molecule has 19 heavy (non-hydrogen) atoms. The zero-order valence-electron chi connectivity index (χ0n) is 11.7. The van der Waals surface area contributed by atoms with Crippen LogP contribution in [0.25, 0.3) is 0 Å². The van der Waals surface area contributed by atoms with Crippen molar-refractivity contribution in [2.75, 3.05) is 24.5 Å². The Morgan fingerprint density at radius 2 is 2.00 bits per heavy atom. The summed E-state index contributed by atoms with van der Waals surface area (Å²) in [7, 11) is 0. The van der Waals surface area contributed by atoms with Gasteiger partial charge < -0.3 is 10.2 Å². The molecule has 4 heteroatoms. The van der Waals surface area contributed by atoms with Crippen LogP contribution in [0.1, 0.15) is 30.7 Å². The summed E-state index contributed by atoms with van der Waals surface area (Å²) in [6.45, 7) is 6.71. The summed E-state index contributed by atoms with van der Waals surface area (Å²) in [5, 5.41) is 3.03. The third-order valence-electron chi connectivity index (χ3n) is 4.38. The van der Waals surface area contributed by atoms with Crippen molar-refractivity contribution >= 4 is 11.6 Å². The standard InChI is InChI=1S/C15H21N3O/c1-11-8-13(9-12(2)17-11)18-7-5-15(10-18)4-3-6-16-14(15)19/h8-9H,3-7,10H2,1-2H3,(H,16,19). The van der Waals surface area contributed by atoms with E-state index in [0.29, 0.717) is 0 Å². The third-order valence-corrected chi connectivity index (χ3v) is 4.38. The Labute approximate surface area is 114 Å². The lowest BCUT2D eigenvalue weighted by Crippen LogP contribution is -2.47. The van der Waals surface area contributed by atoms with Crippen molar-refractivity contribution in [3.63, 3.8) is 0 Å². The smallest absolute Gasteiger partial charge is 0.228 e. The number of aromatic nitrogens is 1. The lowest BCUT2D eigenvalue weighted by molar-refractivity contribution is -0.132. The highest BCUT2D eigenvalue weighted by Crippen LogP contribution is 2.39. The van der Waals surface area contributed by atoms with Crippen LogP contribution in [0.4, 0.5) is 5.69 Å². The maximum Gasteiger partial charge on any atom is 0.228 e. The lowest BCUT2D eigenvalue weighted by atomic mass is 9.79. The van der Waals surface area contributed by atoms with Crippen LogP contribution in [0.3, 0.4) is 0 Å². The van der Waals surface area contributed by atoms with Crippen LogP contribution in [-0.2, 0) is 4.79 Å². The molecule has 4 nitrogen and oxygen atoms in total. The second-order valence-electron chi connectivity index (χ2n) is 5.92. The third kappa shape index (κ3) is 2.20. The molecule has 0 saturated carbocycles. The Morgan fingerprint density at radius 1 is 1.26 bits per heavy atom. The molecule has 1 aromatic rings. The quantitative estimate of drug-likeness (QED) is 0.836. The molecular weight excluding hydrogens is 238 g/mol. The van der Waals surface area contributed by atoms with Crippen molar-refractivity contribution in [2.45, 2.75) is 33.1 Å². The fraction of sp³-hybridized carbons (Fsp3) is 0.600. The number of carbonyl (C=O) groups is 1. The Hall–Kier alpha value is -1.58. The van der Waals surface area contributed by atoms with Crippen LogP contribution < -0.4 is 10.2 Å². The number of anilines is 1. The van der Waals surface area contributed by atoms with Crippen molar-refractivity contribution in [2.24, 2.45) is 5.41 Å². The number of hydrogen-bond donors (Lipinski definition) is 1. The molecule has 3 rings (SSSR count). The molecule has 2 saturated heterocycles. The summed E-state index contributed by atoms with van der Waals surface area (Å²) in [5.74, 6) is 0.253. The number of aryl methyl sites for hydroxylation is 2. The van der Waals surface area contributed by atoms with Gasteiger partial charge in [0, 0.05) is 36.7 Å². The maximum atomic E-state index is 12.2. The van der Waals surface area contributed by atoms with E-state index in [2.05, 4.69) is 27.3 Å². The highest BCUT2D eigenvalue weighted by Gasteiger charge is 2.45. The summed E-state index contributed by atoms with van der Waals surface area (Å²) in [6, 6.07) is 4.24. The predicted molar refractivity (Wildman–Crippen MR) is 75.2 cm³/mol. The van der Waals surface area contributed by atoms with Crippen LogP contribution in [0, 0.1) is 19.3 Å². The van der Waals surface area contributed by atoms with E-state index in [1.165, 1.54) is 5.69 Å². The number of nitrogens with zero attached hydrogens (tertiary/aromatic N) is 2. The van der Waals surface area contributed by atoms with Gasteiger partial charge in [0.1, 0.15) is 0 Å². The van der Waals surface area contributed by atoms with E-state index >= 15 is 0 Å². The predicted octanol–water partition coefficient (Wildman–Crippen LogP) is 1.80. The Bertz CT molecular complexity index is 494. The highest BCUT2D eigenvalue weighted by atomic mass is 16.2. The van der Waals surface area contributed by atoms with Crippen LogP contribution >= 0.6 is 0 Å². The first-order valence-corrected chi connectivity index (χ1v) is 7.08. The van der Waals surface area contributed by atoms with E-state index in [-0.39, 0.29) is 11.3 Å². The molecule has 2 fully saturated rings. The molecule has 2 aliphatic heterocycles. The molecule has 1 aromatic heterocycles. The fourth-order valence-corrected chi connectivity index (χ4v) is 3.41. The maximum absolute atomic E-state index is 12.2. The number of carbonyl (C=O) groups excluding carboxylic acids is 1. The minimum atomic E-state index is -0.149. The normalized spacial score (nSPS) is 26.8. The van der Waals surface area contributed by atoms with Crippen molar-refractivity contribution in [3.8, 4) is 0 Å². The van der Waals surface area contributed by atoms with Gasteiger partial charge in [-0.1, -0.05) is 0 Å². The van der Waals surface area contributed by atoms with Crippen molar-refractivity contribution < 1.29 is 4.79 Å². The van der Waals surface area contributed by atoms with Crippen LogP contribution in [0.2, 0.25) is 0 Å². The number of pyridine rings is 1. The minimum absolute atomic E-state index is 0.149. The van der Waals surface area contributed by atoms with Gasteiger partial charge in [-0.15, -0.1) is 0 Å². The number of nitrogens with one attached hydrogen (secondary N) is 1. The van der Waals surface area contributed by atoms with Crippen LogP contribution in [0.5, 0.6) is 0 Å². The molecule has 0 radical (unpaired) electrons. The Kier molecular flexibility index (Phi) is 2.96.